The van der Waals surface area contributed by atoms with Crippen LogP contribution in [0.4, 0.5) is 11.6 Å². The van der Waals surface area contributed by atoms with Crippen molar-refractivity contribution >= 4 is 11.6 Å². The van der Waals surface area contributed by atoms with E-state index in [1.807, 2.05) is 18.2 Å². The largest absolute Gasteiger partial charge is 0.379 e. The van der Waals surface area contributed by atoms with Gasteiger partial charge in [-0.3, -0.25) is 4.90 Å². The predicted molar refractivity (Wildman–Crippen MR) is 118 cm³/mol. The maximum atomic E-state index is 5.44. The number of nitrogens with zero attached hydrogens (tertiary/aromatic N) is 5. The molecular weight excluding hydrogens is 364 g/mol. The van der Waals surface area contributed by atoms with Gasteiger partial charge in [-0.15, -0.1) is 0 Å². The van der Waals surface area contributed by atoms with Crippen LogP contribution in [0.3, 0.4) is 0 Å². The fraction of sp³-hybridized carbons (Fsp3) is 0.545. The Hall–Kier alpha value is -2.22. The normalized spacial score (nSPS) is 18.7. The summed E-state index contributed by atoms with van der Waals surface area (Å²) >= 11 is 0. The number of morpholine rings is 1. The van der Waals surface area contributed by atoms with Crippen LogP contribution in [0.2, 0.25) is 0 Å². The Morgan fingerprint density at radius 3 is 2.41 bits per heavy atom. The van der Waals surface area contributed by atoms with Gasteiger partial charge in [0.25, 0.3) is 0 Å². The van der Waals surface area contributed by atoms with E-state index in [4.69, 9.17) is 14.7 Å². The van der Waals surface area contributed by atoms with Gasteiger partial charge in [0.1, 0.15) is 11.6 Å². The molecule has 0 aliphatic carbocycles. The van der Waals surface area contributed by atoms with E-state index in [2.05, 4.69) is 45.1 Å². The number of nitrogens with one attached hydrogen (secondary N) is 1. The monoisotopic (exact) mass is 396 g/mol. The lowest BCUT2D eigenvalue weighted by atomic mass is 10.2. The highest BCUT2D eigenvalue weighted by molar-refractivity contribution is 5.61. The molecule has 0 bridgehead atoms. The number of benzene rings is 1. The number of aromatic nitrogens is 2. The van der Waals surface area contributed by atoms with Crippen LogP contribution in [0.1, 0.15) is 6.92 Å². The minimum atomic E-state index is 0.787. The first-order valence-corrected chi connectivity index (χ1v) is 10.8. The van der Waals surface area contributed by atoms with Crippen LogP contribution in [-0.4, -0.2) is 91.9 Å². The Balaban J connectivity index is 1.48. The van der Waals surface area contributed by atoms with Crippen molar-refractivity contribution in [3.8, 4) is 11.4 Å². The molecule has 4 rings (SSSR count). The molecule has 1 aromatic heterocycles. The maximum absolute atomic E-state index is 5.44. The van der Waals surface area contributed by atoms with Crippen LogP contribution in [0.5, 0.6) is 0 Å². The van der Waals surface area contributed by atoms with Crippen molar-refractivity contribution in [1.82, 2.24) is 19.8 Å². The third kappa shape index (κ3) is 5.44. The van der Waals surface area contributed by atoms with Gasteiger partial charge in [-0.1, -0.05) is 37.3 Å². The van der Waals surface area contributed by atoms with Gasteiger partial charge in [-0.2, -0.15) is 0 Å². The molecule has 0 unspecified atom stereocenters. The Kier molecular flexibility index (Phi) is 6.92. The van der Waals surface area contributed by atoms with Gasteiger partial charge in [-0.25, -0.2) is 9.97 Å². The first-order chi connectivity index (χ1) is 14.3. The smallest absolute Gasteiger partial charge is 0.163 e. The van der Waals surface area contributed by atoms with Gasteiger partial charge in [0.15, 0.2) is 5.82 Å². The highest BCUT2D eigenvalue weighted by Gasteiger charge is 2.19. The number of ether oxygens (including phenoxy) is 1. The number of hydrogen-bond donors (Lipinski definition) is 1. The van der Waals surface area contributed by atoms with E-state index >= 15 is 0 Å². The van der Waals surface area contributed by atoms with Crippen LogP contribution in [-0.2, 0) is 4.74 Å². The molecule has 0 atom stereocenters. The first kappa shape index (κ1) is 20.1. The zero-order valence-corrected chi connectivity index (χ0v) is 17.4. The summed E-state index contributed by atoms with van der Waals surface area (Å²) in [4.78, 5) is 17.0. The van der Waals surface area contributed by atoms with Crippen molar-refractivity contribution in [2.75, 3.05) is 82.3 Å². The van der Waals surface area contributed by atoms with Gasteiger partial charge in [0.05, 0.1) is 13.2 Å². The molecule has 0 saturated carbocycles. The molecule has 0 radical (unpaired) electrons. The summed E-state index contributed by atoms with van der Waals surface area (Å²) in [7, 11) is 0. The lowest BCUT2D eigenvalue weighted by Gasteiger charge is -2.35. The lowest BCUT2D eigenvalue weighted by Crippen LogP contribution is -2.46. The Morgan fingerprint density at radius 1 is 0.931 bits per heavy atom. The topological polar surface area (TPSA) is 56.8 Å². The van der Waals surface area contributed by atoms with Crippen LogP contribution >= 0.6 is 0 Å². The van der Waals surface area contributed by atoms with Crippen molar-refractivity contribution in [3.63, 3.8) is 0 Å². The molecule has 7 nitrogen and oxygen atoms in total. The Morgan fingerprint density at radius 2 is 1.69 bits per heavy atom. The van der Waals surface area contributed by atoms with E-state index in [0.717, 1.165) is 95.1 Å². The van der Waals surface area contributed by atoms with Crippen LogP contribution in [0.25, 0.3) is 11.4 Å². The summed E-state index contributed by atoms with van der Waals surface area (Å²) in [6.45, 7) is 13.1. The minimum absolute atomic E-state index is 0.787. The number of likely N-dealkylation sites (N-methyl/N-ethyl adjacent to an activating group) is 1. The summed E-state index contributed by atoms with van der Waals surface area (Å²) < 4.78 is 5.44. The fourth-order valence-electron chi connectivity index (χ4n) is 3.86. The third-order valence-electron chi connectivity index (χ3n) is 5.73. The summed E-state index contributed by atoms with van der Waals surface area (Å²) in [5.41, 5.74) is 1.05. The number of hydrogen-bond acceptors (Lipinski definition) is 7. The van der Waals surface area contributed by atoms with Crippen molar-refractivity contribution in [2.45, 2.75) is 6.92 Å². The third-order valence-corrected chi connectivity index (χ3v) is 5.73. The second-order valence-electron chi connectivity index (χ2n) is 7.60. The SMILES string of the molecule is CCN1CCN(c2cc(NCCN3CCOCC3)nc(-c3ccccc3)n2)CC1. The van der Waals surface area contributed by atoms with Gasteiger partial charge >= 0.3 is 0 Å². The average Bonchev–Trinajstić information content (AvgIpc) is 2.80. The van der Waals surface area contributed by atoms with Gasteiger partial charge in [-0.05, 0) is 6.54 Å². The lowest BCUT2D eigenvalue weighted by molar-refractivity contribution is 0.0398. The van der Waals surface area contributed by atoms with Gasteiger partial charge in [0.2, 0.25) is 0 Å². The first-order valence-electron chi connectivity index (χ1n) is 10.8. The molecule has 0 amide bonds. The standard InChI is InChI=1S/C22H32N6O/c1-2-26-10-12-28(13-11-26)21-18-20(23-8-9-27-14-16-29-17-15-27)24-22(25-21)19-6-4-3-5-7-19/h3-7,18H,2,8-17H2,1H3,(H,23,24,25). The number of piperazine rings is 1. The second kappa shape index (κ2) is 10.0. The molecule has 3 heterocycles. The van der Waals surface area contributed by atoms with Crippen molar-refractivity contribution < 1.29 is 4.74 Å². The van der Waals surface area contributed by atoms with E-state index in [9.17, 15) is 0 Å². The highest BCUT2D eigenvalue weighted by Crippen LogP contribution is 2.23. The summed E-state index contributed by atoms with van der Waals surface area (Å²) in [6.07, 6.45) is 0. The van der Waals surface area contributed by atoms with Gasteiger partial charge in [0, 0.05) is 64.0 Å². The van der Waals surface area contributed by atoms with E-state index in [1.54, 1.807) is 0 Å². The van der Waals surface area contributed by atoms with E-state index in [-0.39, 0.29) is 0 Å². The van der Waals surface area contributed by atoms with Crippen molar-refractivity contribution in [2.24, 2.45) is 0 Å². The molecule has 2 aliphatic heterocycles. The highest BCUT2D eigenvalue weighted by atomic mass is 16.5. The molecule has 7 heteroatoms. The fourth-order valence-corrected chi connectivity index (χ4v) is 3.86. The van der Waals surface area contributed by atoms with Crippen molar-refractivity contribution in [1.29, 1.82) is 0 Å². The molecule has 2 aliphatic rings. The maximum Gasteiger partial charge on any atom is 0.163 e. The second-order valence-corrected chi connectivity index (χ2v) is 7.60. The zero-order valence-electron chi connectivity index (χ0n) is 17.4. The van der Waals surface area contributed by atoms with Crippen LogP contribution in [0, 0.1) is 0 Å². The summed E-state index contributed by atoms with van der Waals surface area (Å²) in [6, 6.07) is 12.4. The molecular formula is C22H32N6O. The van der Waals surface area contributed by atoms with Crippen molar-refractivity contribution in [3.05, 3.63) is 36.4 Å². The molecule has 2 aromatic rings. The predicted octanol–water partition coefficient (Wildman–Crippen LogP) is 2.03. The molecule has 0 spiro atoms. The molecule has 2 saturated heterocycles. The van der Waals surface area contributed by atoms with Crippen LogP contribution < -0.4 is 10.2 Å². The van der Waals surface area contributed by atoms with E-state index < -0.39 is 0 Å². The zero-order chi connectivity index (χ0) is 19.9. The molecule has 29 heavy (non-hydrogen) atoms. The molecule has 1 aromatic carbocycles. The van der Waals surface area contributed by atoms with E-state index in [1.165, 1.54) is 0 Å². The molecule has 1 N–H and O–H groups in total. The molecule has 2 fully saturated rings. The van der Waals surface area contributed by atoms with Gasteiger partial charge < -0.3 is 19.9 Å². The Bertz CT molecular complexity index is 757. The number of anilines is 2. The molecule has 156 valence electrons. The minimum Gasteiger partial charge on any atom is -0.379 e. The summed E-state index contributed by atoms with van der Waals surface area (Å²) in [5.74, 6) is 2.71. The average molecular weight is 397 g/mol. The quantitative estimate of drug-likeness (QED) is 0.768. The van der Waals surface area contributed by atoms with E-state index in [0.29, 0.717) is 0 Å². The summed E-state index contributed by atoms with van der Waals surface area (Å²) in [5, 5.41) is 3.53. The Labute approximate surface area is 173 Å². The number of rotatable bonds is 7. The van der Waals surface area contributed by atoms with Crippen LogP contribution in [0.15, 0.2) is 36.4 Å².